The summed E-state index contributed by atoms with van der Waals surface area (Å²) in [5.74, 6) is 0.402. The summed E-state index contributed by atoms with van der Waals surface area (Å²) < 4.78 is 3.50. The van der Waals surface area contributed by atoms with E-state index in [2.05, 4.69) is 58.6 Å². The molecule has 86 valence electrons. The highest BCUT2D eigenvalue weighted by atomic mass is 79.9. The van der Waals surface area contributed by atoms with E-state index in [0.29, 0.717) is 12.5 Å². The summed E-state index contributed by atoms with van der Waals surface area (Å²) in [5.41, 5.74) is 8.37. The van der Waals surface area contributed by atoms with Gasteiger partial charge < -0.3 is 10.3 Å². The van der Waals surface area contributed by atoms with Gasteiger partial charge in [-0.05, 0) is 25.1 Å². The first-order chi connectivity index (χ1) is 7.69. The van der Waals surface area contributed by atoms with Gasteiger partial charge in [-0.2, -0.15) is 0 Å². The SMILES string of the molecule is CCn1c(C(C)CN)cc2c(Br)cccc21. The van der Waals surface area contributed by atoms with Crippen LogP contribution in [0.2, 0.25) is 0 Å². The summed E-state index contributed by atoms with van der Waals surface area (Å²) in [6.07, 6.45) is 0. The van der Waals surface area contributed by atoms with Gasteiger partial charge in [0.1, 0.15) is 0 Å². The number of benzene rings is 1. The molecule has 2 nitrogen and oxygen atoms in total. The lowest BCUT2D eigenvalue weighted by molar-refractivity contribution is 0.661. The van der Waals surface area contributed by atoms with E-state index in [4.69, 9.17) is 5.73 Å². The van der Waals surface area contributed by atoms with E-state index in [1.807, 2.05) is 0 Å². The molecule has 1 atom stereocenters. The molecule has 0 radical (unpaired) electrons. The third-order valence-electron chi connectivity index (χ3n) is 3.10. The third kappa shape index (κ3) is 1.78. The van der Waals surface area contributed by atoms with Crippen molar-refractivity contribution in [2.45, 2.75) is 26.3 Å². The molecule has 1 aromatic carbocycles. The van der Waals surface area contributed by atoms with Crippen molar-refractivity contribution in [3.63, 3.8) is 0 Å². The van der Waals surface area contributed by atoms with Crippen molar-refractivity contribution in [3.05, 3.63) is 34.4 Å². The van der Waals surface area contributed by atoms with E-state index in [9.17, 15) is 0 Å². The van der Waals surface area contributed by atoms with Gasteiger partial charge in [-0.25, -0.2) is 0 Å². The maximum Gasteiger partial charge on any atom is 0.0493 e. The number of hydrogen-bond acceptors (Lipinski definition) is 1. The van der Waals surface area contributed by atoms with Crippen LogP contribution in [0.15, 0.2) is 28.7 Å². The lowest BCUT2D eigenvalue weighted by atomic mass is 10.1. The zero-order valence-corrected chi connectivity index (χ0v) is 11.3. The number of halogens is 1. The van der Waals surface area contributed by atoms with Crippen LogP contribution in [0, 0.1) is 0 Å². The van der Waals surface area contributed by atoms with E-state index >= 15 is 0 Å². The van der Waals surface area contributed by atoms with Crippen LogP contribution in [0.1, 0.15) is 25.5 Å². The van der Waals surface area contributed by atoms with Crippen molar-refractivity contribution >= 4 is 26.8 Å². The highest BCUT2D eigenvalue weighted by Crippen LogP contribution is 2.30. The van der Waals surface area contributed by atoms with Crippen molar-refractivity contribution < 1.29 is 0 Å². The second-order valence-corrected chi connectivity index (χ2v) is 4.98. The smallest absolute Gasteiger partial charge is 0.0493 e. The molecule has 2 N–H and O–H groups in total. The molecule has 1 aromatic heterocycles. The first-order valence-corrected chi connectivity index (χ1v) is 6.46. The predicted octanol–water partition coefficient (Wildman–Crippen LogP) is 3.49. The Labute approximate surface area is 105 Å². The van der Waals surface area contributed by atoms with Crippen molar-refractivity contribution in [3.8, 4) is 0 Å². The number of aromatic nitrogens is 1. The minimum Gasteiger partial charge on any atom is -0.345 e. The summed E-state index contributed by atoms with van der Waals surface area (Å²) in [5, 5.41) is 1.28. The van der Waals surface area contributed by atoms with Gasteiger partial charge in [0.15, 0.2) is 0 Å². The van der Waals surface area contributed by atoms with Gasteiger partial charge >= 0.3 is 0 Å². The van der Waals surface area contributed by atoms with E-state index in [1.54, 1.807) is 0 Å². The number of aryl methyl sites for hydroxylation is 1. The maximum absolute atomic E-state index is 5.76. The van der Waals surface area contributed by atoms with Crippen LogP contribution in [-0.2, 0) is 6.54 Å². The van der Waals surface area contributed by atoms with Gasteiger partial charge in [0.2, 0.25) is 0 Å². The highest BCUT2D eigenvalue weighted by Gasteiger charge is 2.13. The fraction of sp³-hybridized carbons (Fsp3) is 0.385. The normalized spacial score (nSPS) is 13.2. The molecule has 0 aliphatic heterocycles. The van der Waals surface area contributed by atoms with Gasteiger partial charge in [-0.3, -0.25) is 0 Å². The first-order valence-electron chi connectivity index (χ1n) is 5.66. The molecule has 16 heavy (non-hydrogen) atoms. The number of nitrogens with two attached hydrogens (primary N) is 1. The third-order valence-corrected chi connectivity index (χ3v) is 3.79. The summed E-state index contributed by atoms with van der Waals surface area (Å²) in [4.78, 5) is 0. The Kier molecular flexibility index (Phi) is 3.36. The second-order valence-electron chi connectivity index (χ2n) is 4.12. The van der Waals surface area contributed by atoms with Crippen LogP contribution in [0.3, 0.4) is 0 Å². The first kappa shape index (κ1) is 11.7. The van der Waals surface area contributed by atoms with Gasteiger partial charge in [0, 0.05) is 40.1 Å². The van der Waals surface area contributed by atoms with Crippen LogP contribution < -0.4 is 5.73 Å². The molecule has 1 heterocycles. The Morgan fingerprint density at radius 3 is 2.81 bits per heavy atom. The lowest BCUT2D eigenvalue weighted by Gasteiger charge is -2.12. The number of rotatable bonds is 3. The van der Waals surface area contributed by atoms with Gasteiger partial charge in [-0.1, -0.05) is 28.9 Å². The maximum atomic E-state index is 5.76. The molecule has 2 rings (SSSR count). The molecule has 0 aliphatic carbocycles. The average molecular weight is 281 g/mol. The molecule has 0 saturated heterocycles. The zero-order chi connectivity index (χ0) is 11.7. The minimum atomic E-state index is 0.402. The molecule has 0 fully saturated rings. The molecular weight excluding hydrogens is 264 g/mol. The topological polar surface area (TPSA) is 30.9 Å². The lowest BCUT2D eigenvalue weighted by Crippen LogP contribution is -2.13. The summed E-state index contributed by atoms with van der Waals surface area (Å²) in [6.45, 7) is 6.02. The standard InChI is InChI=1S/C13H17BrN2/c1-3-16-12-6-4-5-11(14)10(12)7-13(16)9(2)8-15/h4-7,9H,3,8,15H2,1-2H3. The fourth-order valence-corrected chi connectivity index (χ4v) is 2.62. The molecule has 0 spiro atoms. The summed E-state index contributed by atoms with van der Waals surface area (Å²) >= 11 is 3.60. The van der Waals surface area contributed by atoms with Crippen LogP contribution in [-0.4, -0.2) is 11.1 Å². The Balaban J connectivity index is 2.71. The van der Waals surface area contributed by atoms with E-state index < -0.39 is 0 Å². The van der Waals surface area contributed by atoms with Crippen LogP contribution >= 0.6 is 15.9 Å². The average Bonchev–Trinajstić information content (AvgIpc) is 2.68. The number of nitrogens with zero attached hydrogens (tertiary/aromatic N) is 1. The quantitative estimate of drug-likeness (QED) is 0.917. The molecule has 0 saturated carbocycles. The minimum absolute atomic E-state index is 0.402. The second kappa shape index (κ2) is 4.60. The van der Waals surface area contributed by atoms with Crippen LogP contribution in [0.4, 0.5) is 0 Å². The van der Waals surface area contributed by atoms with E-state index in [-0.39, 0.29) is 0 Å². The van der Waals surface area contributed by atoms with E-state index in [1.165, 1.54) is 16.6 Å². The Morgan fingerprint density at radius 2 is 2.19 bits per heavy atom. The van der Waals surface area contributed by atoms with E-state index in [0.717, 1.165) is 11.0 Å². The molecule has 3 heteroatoms. The number of hydrogen-bond donors (Lipinski definition) is 1. The highest BCUT2D eigenvalue weighted by molar-refractivity contribution is 9.10. The summed E-state index contributed by atoms with van der Waals surface area (Å²) in [7, 11) is 0. The Morgan fingerprint density at radius 1 is 1.44 bits per heavy atom. The summed E-state index contributed by atoms with van der Waals surface area (Å²) in [6, 6.07) is 8.57. The zero-order valence-electron chi connectivity index (χ0n) is 9.70. The largest absolute Gasteiger partial charge is 0.345 e. The fourth-order valence-electron chi connectivity index (χ4n) is 2.15. The monoisotopic (exact) mass is 280 g/mol. The molecule has 2 aromatic rings. The van der Waals surface area contributed by atoms with Gasteiger partial charge in [0.25, 0.3) is 0 Å². The Bertz CT molecular complexity index is 502. The molecule has 1 unspecified atom stereocenters. The number of fused-ring (bicyclic) bond motifs is 1. The molecule has 0 amide bonds. The molecule has 0 bridgehead atoms. The van der Waals surface area contributed by atoms with Crippen molar-refractivity contribution in [2.75, 3.05) is 6.54 Å². The molecule has 0 aliphatic rings. The Hall–Kier alpha value is -0.800. The molecular formula is C13H17BrN2. The van der Waals surface area contributed by atoms with Crippen molar-refractivity contribution in [1.82, 2.24) is 4.57 Å². The van der Waals surface area contributed by atoms with Gasteiger partial charge in [0.05, 0.1) is 0 Å². The predicted molar refractivity (Wildman–Crippen MR) is 72.8 cm³/mol. The van der Waals surface area contributed by atoms with Crippen LogP contribution in [0.5, 0.6) is 0 Å². The van der Waals surface area contributed by atoms with Crippen molar-refractivity contribution in [1.29, 1.82) is 0 Å². The van der Waals surface area contributed by atoms with Crippen LogP contribution in [0.25, 0.3) is 10.9 Å². The van der Waals surface area contributed by atoms with Gasteiger partial charge in [-0.15, -0.1) is 0 Å². The van der Waals surface area contributed by atoms with Crippen molar-refractivity contribution in [2.24, 2.45) is 5.73 Å².